The van der Waals surface area contributed by atoms with E-state index in [1.165, 1.54) is 25.5 Å². The lowest BCUT2D eigenvalue weighted by Crippen LogP contribution is -2.18. The molecule has 5 rings (SSSR count). The Labute approximate surface area is 225 Å². The molecule has 0 saturated carbocycles. The normalized spacial score (nSPS) is 16.3. The fourth-order valence-corrected chi connectivity index (χ4v) is 5.26. The van der Waals surface area contributed by atoms with Crippen LogP contribution in [0.4, 0.5) is 11.4 Å². The van der Waals surface area contributed by atoms with Gasteiger partial charge < -0.3 is 15.4 Å². The summed E-state index contributed by atoms with van der Waals surface area (Å²) in [6.45, 7) is 3.29. The van der Waals surface area contributed by atoms with Crippen LogP contribution in [0.5, 0.6) is 0 Å². The van der Waals surface area contributed by atoms with Gasteiger partial charge in [-0.05, 0) is 73.3 Å². The lowest BCUT2D eigenvalue weighted by Gasteiger charge is -2.17. The second-order valence-corrected chi connectivity index (χ2v) is 10.4. The van der Waals surface area contributed by atoms with E-state index in [1.807, 2.05) is 42.5 Å². The summed E-state index contributed by atoms with van der Waals surface area (Å²) in [5.41, 5.74) is 7.11. The molecule has 0 aromatic heterocycles. The van der Waals surface area contributed by atoms with Crippen molar-refractivity contribution in [3.63, 3.8) is 0 Å². The van der Waals surface area contributed by atoms with Gasteiger partial charge in [-0.1, -0.05) is 58.4 Å². The molecule has 7 heteroatoms. The highest BCUT2D eigenvalue weighted by Gasteiger charge is 2.28. The van der Waals surface area contributed by atoms with Gasteiger partial charge in [-0.25, -0.2) is 0 Å². The summed E-state index contributed by atoms with van der Waals surface area (Å²) < 4.78 is 5.67. The maximum absolute atomic E-state index is 13.2. The van der Waals surface area contributed by atoms with Crippen molar-refractivity contribution in [3.05, 3.63) is 93.5 Å². The van der Waals surface area contributed by atoms with Crippen LogP contribution >= 0.6 is 15.9 Å². The van der Waals surface area contributed by atoms with Gasteiger partial charge in [-0.15, -0.1) is 0 Å². The van der Waals surface area contributed by atoms with Gasteiger partial charge in [0.25, 0.3) is 5.91 Å². The zero-order valence-corrected chi connectivity index (χ0v) is 22.4. The molecular weight excluding hydrogens is 530 g/mol. The molecule has 190 valence electrons. The second kappa shape index (κ2) is 11.3. The van der Waals surface area contributed by atoms with Crippen molar-refractivity contribution in [1.29, 1.82) is 0 Å². The van der Waals surface area contributed by atoms with Crippen LogP contribution < -0.4 is 10.6 Å². The number of fused-ring (bicyclic) bond motifs is 1. The lowest BCUT2D eigenvalue weighted by molar-refractivity contribution is -0.140. The first-order valence-corrected chi connectivity index (χ1v) is 13.4. The first kappa shape index (κ1) is 25.2. The Hall–Kier alpha value is -3.42. The maximum atomic E-state index is 13.2. The monoisotopic (exact) mass is 559 g/mol. The average Bonchev–Trinajstić information content (AvgIpc) is 3.53. The fraction of sp³-hybridized carbons (Fsp3) is 0.267. The Balaban J connectivity index is 1.46. The summed E-state index contributed by atoms with van der Waals surface area (Å²) in [5, 5.41) is 6.54. The number of likely N-dealkylation sites (tertiary alicyclic amines) is 1. The molecule has 0 spiro atoms. The van der Waals surface area contributed by atoms with Crippen LogP contribution in [-0.2, 0) is 27.3 Å². The van der Waals surface area contributed by atoms with Crippen molar-refractivity contribution in [3.8, 4) is 0 Å². The predicted octanol–water partition coefficient (Wildman–Crippen LogP) is 6.08. The van der Waals surface area contributed by atoms with Gasteiger partial charge in [0, 0.05) is 28.7 Å². The van der Waals surface area contributed by atoms with Gasteiger partial charge in [-0.2, -0.15) is 0 Å². The third-order valence-electron chi connectivity index (χ3n) is 6.89. The van der Waals surface area contributed by atoms with Gasteiger partial charge in [0.2, 0.25) is 0 Å². The summed E-state index contributed by atoms with van der Waals surface area (Å²) in [7, 11) is 1.40. The van der Waals surface area contributed by atoms with Gasteiger partial charge in [0.05, 0.1) is 24.1 Å². The van der Waals surface area contributed by atoms with Crippen LogP contribution in [0.1, 0.15) is 41.5 Å². The Morgan fingerprint density at radius 3 is 2.41 bits per heavy atom. The highest BCUT2D eigenvalue weighted by atomic mass is 79.9. The van der Waals surface area contributed by atoms with E-state index < -0.39 is 0 Å². The van der Waals surface area contributed by atoms with Crippen LogP contribution in [0.25, 0.3) is 11.3 Å². The number of carbonyl (C=O) groups is 2. The van der Waals surface area contributed by atoms with E-state index in [4.69, 9.17) is 4.74 Å². The Morgan fingerprint density at radius 2 is 1.70 bits per heavy atom. The molecule has 6 nitrogen and oxygen atoms in total. The van der Waals surface area contributed by atoms with Crippen molar-refractivity contribution in [1.82, 2.24) is 4.90 Å². The molecule has 2 heterocycles. The molecule has 3 aromatic carbocycles. The van der Waals surface area contributed by atoms with Crippen molar-refractivity contribution in [2.24, 2.45) is 0 Å². The van der Waals surface area contributed by atoms with Crippen LogP contribution in [0.3, 0.4) is 0 Å². The number of esters is 1. The fourth-order valence-electron chi connectivity index (χ4n) is 4.90. The van der Waals surface area contributed by atoms with Gasteiger partial charge in [-0.3, -0.25) is 14.5 Å². The van der Waals surface area contributed by atoms with Crippen LogP contribution in [0, 0.1) is 0 Å². The van der Waals surface area contributed by atoms with E-state index in [9.17, 15) is 9.59 Å². The minimum Gasteiger partial charge on any atom is -0.469 e. The van der Waals surface area contributed by atoms with Crippen molar-refractivity contribution in [2.75, 3.05) is 30.8 Å². The molecule has 1 saturated heterocycles. The molecule has 1 fully saturated rings. The van der Waals surface area contributed by atoms with Gasteiger partial charge in [0.1, 0.15) is 0 Å². The zero-order valence-electron chi connectivity index (χ0n) is 20.9. The van der Waals surface area contributed by atoms with Crippen molar-refractivity contribution < 1.29 is 14.3 Å². The van der Waals surface area contributed by atoms with Crippen molar-refractivity contribution in [2.45, 2.75) is 32.2 Å². The number of hydrogen-bond donors (Lipinski definition) is 2. The Bertz CT molecular complexity index is 1330. The van der Waals surface area contributed by atoms with Crippen LogP contribution in [-0.4, -0.2) is 37.0 Å². The summed E-state index contributed by atoms with van der Waals surface area (Å²) in [5.74, 6) is -0.372. The highest BCUT2D eigenvalue weighted by molar-refractivity contribution is 9.10. The van der Waals surface area contributed by atoms with Gasteiger partial charge >= 0.3 is 5.97 Å². The number of amides is 1. The first-order valence-electron chi connectivity index (χ1n) is 12.6. The molecule has 0 aliphatic carbocycles. The lowest BCUT2D eigenvalue weighted by atomic mass is 9.98. The number of benzene rings is 3. The van der Waals surface area contributed by atoms with Crippen LogP contribution in [0.2, 0.25) is 0 Å². The summed E-state index contributed by atoms with van der Waals surface area (Å²) >= 11 is 3.50. The molecule has 37 heavy (non-hydrogen) atoms. The smallest absolute Gasteiger partial charge is 0.305 e. The maximum Gasteiger partial charge on any atom is 0.305 e. The summed E-state index contributed by atoms with van der Waals surface area (Å²) in [4.78, 5) is 27.2. The SMILES string of the molecule is COC(=O)CCc1ccc(C(Nc2ccc(CN3CCCC3)cc2)=C2C(=O)Nc3cc(Br)ccc32)cc1. The standard InChI is InChI=1S/C30H30BrN3O3/c1-37-27(35)15-8-20-4-9-22(10-5-20)29(28-25-14-11-23(31)18-26(25)33-30(28)36)32-24-12-6-21(7-13-24)19-34-16-2-3-17-34/h4-7,9-14,18,32H,2-3,8,15-17,19H2,1H3,(H,33,36). The van der Waals surface area contributed by atoms with Gasteiger partial charge in [0.15, 0.2) is 0 Å². The number of hydrogen-bond acceptors (Lipinski definition) is 5. The molecule has 1 amide bonds. The number of nitrogens with one attached hydrogen (secondary N) is 2. The van der Waals surface area contributed by atoms with Crippen molar-refractivity contribution >= 4 is 50.5 Å². The average molecular weight is 560 g/mol. The van der Waals surface area contributed by atoms with Crippen LogP contribution in [0.15, 0.2) is 71.2 Å². The number of nitrogens with zero attached hydrogens (tertiary/aromatic N) is 1. The molecule has 2 aliphatic heterocycles. The predicted molar refractivity (Wildman–Crippen MR) is 151 cm³/mol. The summed E-state index contributed by atoms with van der Waals surface area (Å²) in [6, 6.07) is 22.2. The molecule has 0 radical (unpaired) electrons. The molecule has 0 atom stereocenters. The number of halogens is 1. The minimum absolute atomic E-state index is 0.143. The van der Waals surface area contributed by atoms with E-state index in [0.717, 1.165) is 57.9 Å². The number of carbonyl (C=O) groups excluding carboxylic acids is 2. The Kier molecular flexibility index (Phi) is 7.72. The topological polar surface area (TPSA) is 70.7 Å². The van der Waals surface area contributed by atoms with E-state index in [1.54, 1.807) is 0 Å². The first-order chi connectivity index (χ1) is 18.0. The molecule has 2 N–H and O–H groups in total. The van der Waals surface area contributed by atoms with E-state index >= 15 is 0 Å². The second-order valence-electron chi connectivity index (χ2n) is 9.47. The zero-order chi connectivity index (χ0) is 25.8. The Morgan fingerprint density at radius 1 is 1.00 bits per heavy atom. The largest absolute Gasteiger partial charge is 0.469 e. The third kappa shape index (κ3) is 5.95. The number of rotatable bonds is 8. The minimum atomic E-state index is -0.230. The number of anilines is 2. The number of aryl methyl sites for hydroxylation is 1. The number of ether oxygens (including phenoxy) is 1. The van der Waals surface area contributed by atoms with E-state index in [2.05, 4.69) is 55.7 Å². The molecule has 3 aromatic rings. The number of methoxy groups -OCH3 is 1. The highest BCUT2D eigenvalue weighted by Crippen LogP contribution is 2.39. The molecule has 0 bridgehead atoms. The third-order valence-corrected chi connectivity index (χ3v) is 7.39. The van der Waals surface area contributed by atoms with E-state index in [0.29, 0.717) is 18.4 Å². The molecule has 2 aliphatic rings. The molecule has 0 unspecified atom stereocenters. The summed E-state index contributed by atoms with van der Waals surface area (Å²) in [6.07, 6.45) is 3.48. The molecular formula is C30H30BrN3O3. The van der Waals surface area contributed by atoms with E-state index in [-0.39, 0.29) is 11.9 Å². The quantitative estimate of drug-likeness (QED) is 0.258.